The number of carbonyl (C=O) groups excluding carboxylic acids is 2. The first-order valence-electron chi connectivity index (χ1n) is 8.35. The molecule has 1 aliphatic heterocycles. The van der Waals surface area contributed by atoms with Gasteiger partial charge in [0.2, 0.25) is 5.91 Å². The summed E-state index contributed by atoms with van der Waals surface area (Å²) in [5, 5.41) is 2.74. The summed E-state index contributed by atoms with van der Waals surface area (Å²) in [7, 11) is 0. The fourth-order valence-corrected chi connectivity index (χ4v) is 3.79. The lowest BCUT2D eigenvalue weighted by Crippen LogP contribution is -2.48. The predicted octanol–water partition coefficient (Wildman–Crippen LogP) is 2.46. The Morgan fingerprint density at radius 2 is 1.77 bits per heavy atom. The molecule has 22 heavy (non-hydrogen) atoms. The lowest BCUT2D eigenvalue weighted by Gasteiger charge is -2.41. The Morgan fingerprint density at radius 3 is 2.55 bits per heavy atom. The third kappa shape index (κ3) is 3.49. The van der Waals surface area contributed by atoms with Gasteiger partial charge in [0.15, 0.2) is 0 Å². The van der Waals surface area contributed by atoms with Crippen LogP contribution in [0.1, 0.15) is 42.5 Å². The van der Waals surface area contributed by atoms with Gasteiger partial charge in [-0.2, -0.15) is 0 Å². The summed E-state index contributed by atoms with van der Waals surface area (Å²) in [6.45, 7) is 1.83. The molecule has 2 fully saturated rings. The van der Waals surface area contributed by atoms with Gasteiger partial charge in [-0.15, -0.1) is 0 Å². The van der Waals surface area contributed by atoms with Gasteiger partial charge in [0.1, 0.15) is 0 Å². The van der Waals surface area contributed by atoms with Crippen molar-refractivity contribution >= 4 is 11.8 Å². The van der Waals surface area contributed by atoms with Crippen molar-refractivity contribution in [1.82, 2.24) is 10.2 Å². The van der Waals surface area contributed by atoms with Gasteiger partial charge in [-0.05, 0) is 36.8 Å². The van der Waals surface area contributed by atoms with E-state index in [0.717, 1.165) is 25.4 Å². The second-order valence-electron chi connectivity index (χ2n) is 6.48. The minimum atomic E-state index is -0.179. The number of benzene rings is 1. The molecule has 1 heterocycles. The van der Waals surface area contributed by atoms with Crippen LogP contribution >= 0.6 is 0 Å². The van der Waals surface area contributed by atoms with Crippen molar-refractivity contribution in [3.63, 3.8) is 0 Å². The first-order chi connectivity index (χ1) is 10.7. The zero-order valence-corrected chi connectivity index (χ0v) is 13.0. The van der Waals surface area contributed by atoms with Crippen LogP contribution in [0.5, 0.6) is 0 Å². The molecule has 1 saturated carbocycles. The number of hydrogen-bond acceptors (Lipinski definition) is 2. The summed E-state index contributed by atoms with van der Waals surface area (Å²) in [6.07, 6.45) is 6.36. The lowest BCUT2D eigenvalue weighted by molar-refractivity contribution is -0.133. The fraction of sp³-hybridized carbons (Fsp3) is 0.556. The highest BCUT2D eigenvalue weighted by Gasteiger charge is 2.32. The van der Waals surface area contributed by atoms with Crippen LogP contribution in [0.4, 0.5) is 0 Å². The van der Waals surface area contributed by atoms with Crippen LogP contribution in [-0.2, 0) is 4.79 Å². The number of nitrogens with zero attached hydrogens (tertiary/aromatic N) is 1. The quantitative estimate of drug-likeness (QED) is 0.932. The van der Waals surface area contributed by atoms with Crippen molar-refractivity contribution in [3.05, 3.63) is 35.9 Å². The summed E-state index contributed by atoms with van der Waals surface area (Å²) < 4.78 is 0. The molecule has 4 nitrogen and oxygen atoms in total. The Labute approximate surface area is 131 Å². The maximum atomic E-state index is 12.3. The maximum absolute atomic E-state index is 12.3. The molecule has 1 aromatic rings. The molecule has 0 aromatic heterocycles. The molecule has 2 amide bonds. The summed E-state index contributed by atoms with van der Waals surface area (Å²) in [6, 6.07) is 9.03. The van der Waals surface area contributed by atoms with Gasteiger partial charge >= 0.3 is 0 Å². The third-order valence-corrected chi connectivity index (χ3v) is 5.08. The second-order valence-corrected chi connectivity index (χ2v) is 6.48. The zero-order valence-electron chi connectivity index (χ0n) is 13.0. The Bertz CT molecular complexity index is 529. The van der Waals surface area contributed by atoms with Gasteiger partial charge in [-0.3, -0.25) is 9.59 Å². The molecule has 4 heteroatoms. The van der Waals surface area contributed by atoms with E-state index in [1.807, 2.05) is 23.1 Å². The summed E-state index contributed by atoms with van der Waals surface area (Å²) in [5.74, 6) is 1.36. The highest BCUT2D eigenvalue weighted by molar-refractivity contribution is 5.96. The number of hydrogen-bond donors (Lipinski definition) is 1. The van der Waals surface area contributed by atoms with Crippen molar-refractivity contribution in [2.45, 2.75) is 32.1 Å². The summed E-state index contributed by atoms with van der Waals surface area (Å²) >= 11 is 0. The Kier molecular flexibility index (Phi) is 4.76. The highest BCUT2D eigenvalue weighted by atomic mass is 16.2. The Morgan fingerprint density at radius 1 is 1.05 bits per heavy atom. The largest absolute Gasteiger partial charge is 0.343 e. The molecule has 1 saturated heterocycles. The minimum Gasteiger partial charge on any atom is -0.343 e. The zero-order chi connectivity index (χ0) is 15.4. The van der Waals surface area contributed by atoms with E-state index in [4.69, 9.17) is 0 Å². The van der Waals surface area contributed by atoms with E-state index in [1.54, 1.807) is 12.1 Å². The number of piperidine rings is 1. The van der Waals surface area contributed by atoms with E-state index < -0.39 is 0 Å². The van der Waals surface area contributed by atoms with Crippen molar-refractivity contribution < 1.29 is 9.59 Å². The molecule has 118 valence electrons. The summed E-state index contributed by atoms with van der Waals surface area (Å²) in [4.78, 5) is 26.2. The van der Waals surface area contributed by atoms with Gasteiger partial charge < -0.3 is 10.2 Å². The van der Waals surface area contributed by atoms with Crippen LogP contribution < -0.4 is 5.32 Å². The van der Waals surface area contributed by atoms with Crippen molar-refractivity contribution in [1.29, 1.82) is 0 Å². The first-order valence-corrected chi connectivity index (χ1v) is 8.35. The van der Waals surface area contributed by atoms with Gasteiger partial charge in [-0.25, -0.2) is 0 Å². The minimum absolute atomic E-state index is 0.0494. The van der Waals surface area contributed by atoms with E-state index in [0.29, 0.717) is 11.5 Å². The number of amides is 2. The first kappa shape index (κ1) is 15.1. The molecular weight excluding hydrogens is 276 g/mol. The van der Waals surface area contributed by atoms with E-state index in [2.05, 4.69) is 5.32 Å². The van der Waals surface area contributed by atoms with Gasteiger partial charge in [0.05, 0.1) is 6.54 Å². The molecule has 0 bridgehead atoms. The van der Waals surface area contributed by atoms with E-state index in [-0.39, 0.29) is 18.4 Å². The van der Waals surface area contributed by atoms with Gasteiger partial charge in [-0.1, -0.05) is 37.5 Å². The van der Waals surface area contributed by atoms with E-state index in [9.17, 15) is 9.59 Å². The molecule has 2 atom stereocenters. The van der Waals surface area contributed by atoms with Crippen LogP contribution in [0.25, 0.3) is 0 Å². The molecule has 1 N–H and O–H groups in total. The molecule has 0 radical (unpaired) electrons. The maximum Gasteiger partial charge on any atom is 0.251 e. The van der Waals surface area contributed by atoms with Crippen LogP contribution in [0.15, 0.2) is 30.3 Å². The average molecular weight is 300 g/mol. The molecule has 3 rings (SSSR count). The van der Waals surface area contributed by atoms with Crippen LogP contribution in [0.3, 0.4) is 0 Å². The second kappa shape index (κ2) is 6.95. The van der Waals surface area contributed by atoms with Gasteiger partial charge in [0, 0.05) is 18.7 Å². The number of nitrogens with one attached hydrogen (secondary N) is 1. The standard InChI is InChI=1S/C18H24N2O2/c21-17(12-19-18(22)15-7-2-1-3-8-15)20-11-10-14-6-4-5-9-16(14)13-20/h1-3,7-8,14,16H,4-6,9-13H2,(H,19,22)/t14-,16+/m1/s1. The van der Waals surface area contributed by atoms with E-state index in [1.165, 1.54) is 25.7 Å². The van der Waals surface area contributed by atoms with Crippen molar-refractivity contribution in [2.24, 2.45) is 11.8 Å². The Balaban J connectivity index is 1.49. The Hall–Kier alpha value is -1.84. The predicted molar refractivity (Wildman–Crippen MR) is 85.4 cm³/mol. The smallest absolute Gasteiger partial charge is 0.251 e. The van der Waals surface area contributed by atoms with Crippen LogP contribution in [-0.4, -0.2) is 36.3 Å². The molecule has 2 aliphatic rings. The molecule has 1 aliphatic carbocycles. The fourth-order valence-electron chi connectivity index (χ4n) is 3.79. The average Bonchev–Trinajstić information content (AvgIpc) is 2.59. The number of rotatable bonds is 3. The molecule has 0 unspecified atom stereocenters. The molecular formula is C18H24N2O2. The van der Waals surface area contributed by atoms with Crippen LogP contribution in [0, 0.1) is 11.8 Å². The van der Waals surface area contributed by atoms with Crippen LogP contribution in [0.2, 0.25) is 0 Å². The topological polar surface area (TPSA) is 49.4 Å². The molecule has 0 spiro atoms. The van der Waals surface area contributed by atoms with Crippen molar-refractivity contribution in [3.8, 4) is 0 Å². The summed E-state index contributed by atoms with van der Waals surface area (Å²) in [5.41, 5.74) is 0.598. The highest BCUT2D eigenvalue weighted by Crippen LogP contribution is 2.35. The SMILES string of the molecule is O=C(NCC(=O)N1CC[C@H]2CCCC[C@H]2C1)c1ccccc1. The monoisotopic (exact) mass is 300 g/mol. The molecule has 1 aromatic carbocycles. The number of carbonyl (C=O) groups is 2. The van der Waals surface area contributed by atoms with E-state index >= 15 is 0 Å². The number of likely N-dealkylation sites (tertiary alicyclic amines) is 1. The number of fused-ring (bicyclic) bond motifs is 1. The lowest BCUT2D eigenvalue weighted by atomic mass is 9.75. The van der Waals surface area contributed by atoms with Crippen molar-refractivity contribution in [2.75, 3.05) is 19.6 Å². The normalized spacial score (nSPS) is 24.5. The third-order valence-electron chi connectivity index (χ3n) is 5.08. The van der Waals surface area contributed by atoms with Gasteiger partial charge in [0.25, 0.3) is 5.91 Å².